The SMILES string of the molecule is COc1cc2c(c(C)c1C(=O)OCc1ccccc1)C(=O)c1c(OC)c(C3O[C@H](COCc4ccccc4)[C@@H](OCc4ccccc4)[C@H](OCc4ccccc4)[C@H]3OCc3ccccc3)cc(OC)c1C2=O. The van der Waals surface area contributed by atoms with Crippen molar-refractivity contribution in [1.29, 1.82) is 0 Å². The van der Waals surface area contributed by atoms with Gasteiger partial charge in [0.05, 0.1) is 65.5 Å². The fourth-order valence-corrected chi connectivity index (χ4v) is 9.46. The van der Waals surface area contributed by atoms with Crippen LogP contribution in [0.1, 0.15) is 87.2 Å². The number of benzene rings is 7. The fraction of sp³-hybridized carbons (Fsp3) is 0.250. The first kappa shape index (κ1) is 49.5. The average molecular weight is 969 g/mol. The van der Waals surface area contributed by atoms with Crippen LogP contribution >= 0.6 is 0 Å². The molecule has 0 spiro atoms. The molecule has 368 valence electrons. The van der Waals surface area contributed by atoms with E-state index in [0.29, 0.717) is 5.56 Å². The monoisotopic (exact) mass is 968 g/mol. The molecule has 5 atom stereocenters. The maximum atomic E-state index is 15.4. The number of carbonyl (C=O) groups is 3. The fourth-order valence-electron chi connectivity index (χ4n) is 9.46. The van der Waals surface area contributed by atoms with Gasteiger partial charge in [-0.3, -0.25) is 9.59 Å². The Balaban J connectivity index is 1.17. The van der Waals surface area contributed by atoms with Crippen molar-refractivity contribution in [2.24, 2.45) is 0 Å². The summed E-state index contributed by atoms with van der Waals surface area (Å²) < 4.78 is 58.4. The van der Waals surface area contributed by atoms with Crippen LogP contribution in [0, 0.1) is 6.92 Å². The Morgan fingerprint density at radius 3 is 1.47 bits per heavy atom. The van der Waals surface area contributed by atoms with Gasteiger partial charge in [-0.05, 0) is 52.4 Å². The predicted octanol–water partition coefficient (Wildman–Crippen LogP) is 10.6. The summed E-state index contributed by atoms with van der Waals surface area (Å²) in [5.74, 6) is -1.59. The standard InChI is InChI=1S/C60H56O12/c1-38-49-44(30-46(64-2)50(38)60(63)71-36-43-28-18-9-19-29-43)53(61)51-47(65-3)31-45(55(66-4)52(51)54(49)62)56-58(69-34-41-24-14-7-15-25-41)59(70-35-42-26-16-8-17-27-42)57(68-33-40-22-12-6-13-23-40)48(72-56)37-67-32-39-20-10-5-11-21-39/h5-31,48,56-59H,32-37H2,1-4H3/t48-,56?,57-,58+,59+/m1/s1. The predicted molar refractivity (Wildman–Crippen MR) is 268 cm³/mol. The van der Waals surface area contributed by atoms with Crippen molar-refractivity contribution in [2.45, 2.75) is 70.5 Å². The number of methoxy groups -OCH3 is 3. The highest BCUT2D eigenvalue weighted by Gasteiger charge is 2.51. The molecule has 0 N–H and O–H groups in total. The third-order valence-electron chi connectivity index (χ3n) is 13.0. The summed E-state index contributed by atoms with van der Waals surface area (Å²) in [7, 11) is 4.26. The summed E-state index contributed by atoms with van der Waals surface area (Å²) in [5.41, 5.74) is 5.04. The Hall–Kier alpha value is -7.45. The normalized spacial score (nSPS) is 18.2. The maximum Gasteiger partial charge on any atom is 0.342 e. The molecule has 7 aromatic carbocycles. The van der Waals surface area contributed by atoms with Gasteiger partial charge in [-0.15, -0.1) is 0 Å². The summed E-state index contributed by atoms with van der Waals surface area (Å²) in [6.45, 7) is 2.51. The number of hydrogen-bond acceptors (Lipinski definition) is 12. The molecule has 1 unspecified atom stereocenters. The van der Waals surface area contributed by atoms with Crippen LogP contribution in [-0.4, -0.2) is 69.9 Å². The second-order valence-electron chi connectivity index (χ2n) is 17.6. The van der Waals surface area contributed by atoms with Crippen LogP contribution in [0.5, 0.6) is 17.2 Å². The van der Waals surface area contributed by atoms with Gasteiger partial charge in [-0.1, -0.05) is 152 Å². The van der Waals surface area contributed by atoms with E-state index in [0.717, 1.165) is 27.8 Å². The number of hydrogen-bond donors (Lipinski definition) is 0. The molecule has 0 bridgehead atoms. The van der Waals surface area contributed by atoms with Crippen molar-refractivity contribution >= 4 is 17.5 Å². The van der Waals surface area contributed by atoms with E-state index in [1.807, 2.05) is 152 Å². The lowest BCUT2D eigenvalue weighted by Gasteiger charge is -2.47. The molecule has 0 radical (unpaired) electrons. The molecule has 1 aliphatic carbocycles. The zero-order valence-corrected chi connectivity index (χ0v) is 40.6. The Bertz CT molecular complexity index is 2970. The summed E-state index contributed by atoms with van der Waals surface area (Å²) in [5, 5.41) is 0. The van der Waals surface area contributed by atoms with Gasteiger partial charge in [0.25, 0.3) is 0 Å². The number of ketones is 2. The molecular weight excluding hydrogens is 913 g/mol. The average Bonchev–Trinajstić information content (AvgIpc) is 3.42. The molecule has 0 amide bonds. The van der Waals surface area contributed by atoms with Gasteiger partial charge in [0.2, 0.25) is 0 Å². The highest BCUT2D eigenvalue weighted by Crippen LogP contribution is 2.49. The second kappa shape index (κ2) is 23.2. The summed E-state index contributed by atoms with van der Waals surface area (Å²) in [6.07, 6.45) is -4.36. The van der Waals surface area contributed by atoms with Crippen LogP contribution in [0.3, 0.4) is 0 Å². The zero-order valence-electron chi connectivity index (χ0n) is 40.6. The molecular formula is C60H56O12. The quantitative estimate of drug-likeness (QED) is 0.0673. The van der Waals surface area contributed by atoms with E-state index >= 15 is 4.79 Å². The minimum atomic E-state index is -1.05. The lowest BCUT2D eigenvalue weighted by molar-refractivity contribution is -0.275. The van der Waals surface area contributed by atoms with E-state index in [9.17, 15) is 9.59 Å². The smallest absolute Gasteiger partial charge is 0.342 e. The van der Waals surface area contributed by atoms with E-state index < -0.39 is 48.1 Å². The van der Waals surface area contributed by atoms with Crippen molar-refractivity contribution in [3.8, 4) is 17.2 Å². The van der Waals surface area contributed by atoms with Crippen LogP contribution < -0.4 is 14.2 Å². The van der Waals surface area contributed by atoms with Gasteiger partial charge in [0, 0.05) is 16.7 Å². The molecule has 12 heteroatoms. The van der Waals surface area contributed by atoms with E-state index in [2.05, 4.69) is 0 Å². The Kier molecular flexibility index (Phi) is 16.0. The number of ether oxygens (including phenoxy) is 9. The van der Waals surface area contributed by atoms with Crippen molar-refractivity contribution < 1.29 is 57.0 Å². The Morgan fingerprint density at radius 2 is 0.972 bits per heavy atom. The van der Waals surface area contributed by atoms with E-state index in [1.165, 1.54) is 27.4 Å². The van der Waals surface area contributed by atoms with Gasteiger partial charge in [-0.25, -0.2) is 4.79 Å². The van der Waals surface area contributed by atoms with E-state index in [1.54, 1.807) is 13.0 Å². The summed E-state index contributed by atoms with van der Waals surface area (Å²) in [6, 6.07) is 51.6. The number of fused-ring (bicyclic) bond motifs is 2. The highest BCUT2D eigenvalue weighted by atomic mass is 16.6. The molecule has 1 heterocycles. The molecule has 1 fully saturated rings. The molecule has 12 nitrogen and oxygen atoms in total. The summed E-state index contributed by atoms with van der Waals surface area (Å²) in [4.78, 5) is 44.3. The molecule has 9 rings (SSSR count). The van der Waals surface area contributed by atoms with Gasteiger partial charge in [-0.2, -0.15) is 0 Å². The lowest BCUT2D eigenvalue weighted by Crippen LogP contribution is -2.58. The molecule has 0 saturated carbocycles. The van der Waals surface area contributed by atoms with E-state index in [4.69, 9.17) is 42.6 Å². The molecule has 0 aromatic heterocycles. The van der Waals surface area contributed by atoms with Crippen LogP contribution in [0.4, 0.5) is 0 Å². The van der Waals surface area contributed by atoms with E-state index in [-0.39, 0.29) is 90.3 Å². The Labute approximate surface area is 419 Å². The largest absolute Gasteiger partial charge is 0.496 e. The zero-order chi connectivity index (χ0) is 50.0. The van der Waals surface area contributed by atoms with Crippen molar-refractivity contribution in [3.63, 3.8) is 0 Å². The van der Waals surface area contributed by atoms with Gasteiger partial charge >= 0.3 is 5.97 Å². The topological polar surface area (TPSA) is 134 Å². The molecule has 1 aliphatic heterocycles. The number of esters is 1. The minimum Gasteiger partial charge on any atom is -0.496 e. The van der Waals surface area contributed by atoms with Crippen LogP contribution in [0.15, 0.2) is 164 Å². The highest BCUT2D eigenvalue weighted by molar-refractivity contribution is 6.31. The second-order valence-corrected chi connectivity index (χ2v) is 17.6. The number of carbonyl (C=O) groups excluding carboxylic acids is 3. The maximum absolute atomic E-state index is 15.4. The summed E-state index contributed by atoms with van der Waals surface area (Å²) >= 11 is 0. The van der Waals surface area contributed by atoms with Crippen molar-refractivity contribution in [1.82, 2.24) is 0 Å². The number of rotatable bonds is 20. The Morgan fingerprint density at radius 1 is 0.500 bits per heavy atom. The first-order valence-electron chi connectivity index (χ1n) is 23.8. The molecule has 7 aromatic rings. The molecule has 72 heavy (non-hydrogen) atoms. The minimum absolute atomic E-state index is 0.00420. The van der Waals surface area contributed by atoms with Crippen LogP contribution in [0.25, 0.3) is 0 Å². The van der Waals surface area contributed by atoms with Crippen molar-refractivity contribution in [3.05, 3.63) is 231 Å². The van der Waals surface area contributed by atoms with Gasteiger partial charge in [0.1, 0.15) is 59.9 Å². The van der Waals surface area contributed by atoms with Crippen LogP contribution in [-0.2, 0) is 61.5 Å². The van der Waals surface area contributed by atoms with Crippen LogP contribution in [0.2, 0.25) is 0 Å². The molecule has 1 saturated heterocycles. The van der Waals surface area contributed by atoms with Gasteiger partial charge < -0.3 is 42.6 Å². The first-order valence-corrected chi connectivity index (χ1v) is 23.8. The third-order valence-corrected chi connectivity index (χ3v) is 13.0. The van der Waals surface area contributed by atoms with Crippen molar-refractivity contribution in [2.75, 3.05) is 27.9 Å². The molecule has 2 aliphatic rings. The first-order chi connectivity index (χ1) is 35.3. The lowest BCUT2D eigenvalue weighted by atomic mass is 9.77. The van der Waals surface area contributed by atoms with Gasteiger partial charge in [0.15, 0.2) is 11.6 Å². The third kappa shape index (κ3) is 10.7.